The van der Waals surface area contributed by atoms with Crippen molar-refractivity contribution in [3.63, 3.8) is 0 Å². The summed E-state index contributed by atoms with van der Waals surface area (Å²) in [4.78, 5) is 11.5. The average molecular weight is 234 g/mol. The van der Waals surface area contributed by atoms with Crippen LogP contribution in [0.5, 0.6) is 0 Å². The molecule has 1 aromatic rings. The molecule has 0 aliphatic rings. The maximum atomic E-state index is 11.5. The maximum Gasteiger partial charge on any atom is 0.373 e. The number of carbonyl (C=O) groups excluding carboxylic acids is 1. The quantitative estimate of drug-likeness (QED) is 0.431. The van der Waals surface area contributed by atoms with E-state index < -0.39 is 5.97 Å². The van der Waals surface area contributed by atoms with Crippen molar-refractivity contribution in [2.45, 2.75) is 20.3 Å². The van der Waals surface area contributed by atoms with E-state index in [9.17, 15) is 4.79 Å². The number of esters is 1. The lowest BCUT2D eigenvalue weighted by molar-refractivity contribution is -0.142. The van der Waals surface area contributed by atoms with Crippen molar-refractivity contribution in [1.29, 1.82) is 0 Å². The fraction of sp³-hybridized carbons (Fsp3) is 0.357. The lowest BCUT2D eigenvalue weighted by atomic mass is 10.1. The van der Waals surface area contributed by atoms with E-state index in [1.54, 1.807) is 13.0 Å². The van der Waals surface area contributed by atoms with Crippen LogP contribution < -0.4 is 0 Å². The number of hydrogen-bond acceptors (Lipinski definition) is 3. The molecule has 0 amide bonds. The zero-order valence-corrected chi connectivity index (χ0v) is 10.3. The molecule has 0 bridgehead atoms. The Kier molecular flexibility index (Phi) is 5.86. The number of allylic oxidation sites excluding steroid dienone is 1. The molecular formula is C14H18O3. The predicted molar refractivity (Wildman–Crippen MR) is 66.5 cm³/mol. The predicted octanol–water partition coefficient (Wildman–Crippen LogP) is 2.71. The van der Waals surface area contributed by atoms with Crippen LogP contribution in [0.1, 0.15) is 19.4 Å². The van der Waals surface area contributed by atoms with Crippen molar-refractivity contribution >= 4 is 5.97 Å². The van der Waals surface area contributed by atoms with E-state index >= 15 is 0 Å². The van der Waals surface area contributed by atoms with Gasteiger partial charge in [-0.3, -0.25) is 0 Å². The van der Waals surface area contributed by atoms with Crippen LogP contribution in [0, 0.1) is 0 Å². The minimum Gasteiger partial charge on any atom is -0.487 e. The van der Waals surface area contributed by atoms with E-state index in [2.05, 4.69) is 0 Å². The molecule has 0 aliphatic heterocycles. The second-order valence-corrected chi connectivity index (χ2v) is 3.41. The molecule has 0 heterocycles. The Morgan fingerprint density at radius 3 is 2.35 bits per heavy atom. The molecule has 0 saturated carbocycles. The third-order valence-electron chi connectivity index (χ3n) is 2.14. The molecule has 0 aromatic heterocycles. The molecule has 0 N–H and O–H groups in total. The summed E-state index contributed by atoms with van der Waals surface area (Å²) in [5.41, 5.74) is 1.13. The molecule has 92 valence electrons. The number of carbonyl (C=O) groups is 1. The van der Waals surface area contributed by atoms with Crippen molar-refractivity contribution in [3.05, 3.63) is 47.7 Å². The number of ether oxygens (including phenoxy) is 2. The van der Waals surface area contributed by atoms with Crippen LogP contribution in [-0.4, -0.2) is 19.2 Å². The van der Waals surface area contributed by atoms with Crippen molar-refractivity contribution in [2.24, 2.45) is 0 Å². The summed E-state index contributed by atoms with van der Waals surface area (Å²) < 4.78 is 10.2. The highest BCUT2D eigenvalue weighted by atomic mass is 16.6. The number of hydrogen-bond donors (Lipinski definition) is 0. The van der Waals surface area contributed by atoms with Gasteiger partial charge < -0.3 is 9.47 Å². The molecule has 3 nitrogen and oxygen atoms in total. The molecule has 0 radical (unpaired) electrons. The standard InChI is InChI=1S/C14H18O3/c1-3-16-13(14(15)17-4-2)11-10-12-8-6-5-7-9-12/h5-9,11H,3-4,10H2,1-2H3/b13-11-. The fourth-order valence-electron chi connectivity index (χ4n) is 1.38. The summed E-state index contributed by atoms with van der Waals surface area (Å²) in [6, 6.07) is 9.90. The van der Waals surface area contributed by atoms with Crippen molar-refractivity contribution in [3.8, 4) is 0 Å². The Hall–Kier alpha value is -1.77. The second kappa shape index (κ2) is 7.49. The Morgan fingerprint density at radius 2 is 1.76 bits per heavy atom. The highest BCUT2D eigenvalue weighted by molar-refractivity contribution is 5.86. The third-order valence-corrected chi connectivity index (χ3v) is 2.14. The van der Waals surface area contributed by atoms with E-state index in [0.717, 1.165) is 5.56 Å². The van der Waals surface area contributed by atoms with Crippen molar-refractivity contribution in [1.82, 2.24) is 0 Å². The van der Waals surface area contributed by atoms with Gasteiger partial charge in [0.15, 0.2) is 0 Å². The Labute approximate surface area is 102 Å². The molecule has 1 aromatic carbocycles. The third kappa shape index (κ3) is 4.72. The Balaban J connectivity index is 2.67. The first-order chi connectivity index (χ1) is 8.27. The van der Waals surface area contributed by atoms with Crippen molar-refractivity contribution in [2.75, 3.05) is 13.2 Å². The van der Waals surface area contributed by atoms with Gasteiger partial charge in [0.2, 0.25) is 5.76 Å². The van der Waals surface area contributed by atoms with Gasteiger partial charge in [0.05, 0.1) is 13.2 Å². The lowest BCUT2D eigenvalue weighted by Gasteiger charge is -2.07. The van der Waals surface area contributed by atoms with Crippen LogP contribution in [0.15, 0.2) is 42.2 Å². The summed E-state index contributed by atoms with van der Waals surface area (Å²) in [7, 11) is 0. The molecule has 0 spiro atoms. The zero-order valence-electron chi connectivity index (χ0n) is 10.3. The normalized spacial score (nSPS) is 11.1. The molecule has 1 rings (SSSR count). The van der Waals surface area contributed by atoms with Gasteiger partial charge in [-0.2, -0.15) is 0 Å². The van der Waals surface area contributed by atoms with Crippen LogP contribution in [0.25, 0.3) is 0 Å². The van der Waals surface area contributed by atoms with E-state index in [0.29, 0.717) is 25.4 Å². The summed E-state index contributed by atoms with van der Waals surface area (Å²) in [5.74, 6) is -0.108. The van der Waals surface area contributed by atoms with Gasteiger partial charge in [-0.25, -0.2) is 4.79 Å². The molecule has 0 atom stereocenters. The minimum absolute atomic E-state index is 0.290. The second-order valence-electron chi connectivity index (χ2n) is 3.41. The van der Waals surface area contributed by atoms with E-state index in [4.69, 9.17) is 9.47 Å². The first-order valence-electron chi connectivity index (χ1n) is 5.82. The highest BCUT2D eigenvalue weighted by Gasteiger charge is 2.10. The molecule has 0 unspecified atom stereocenters. The topological polar surface area (TPSA) is 35.5 Å². The van der Waals surface area contributed by atoms with Gasteiger partial charge in [0, 0.05) is 0 Å². The van der Waals surface area contributed by atoms with Crippen LogP contribution in [-0.2, 0) is 20.7 Å². The number of benzene rings is 1. The molecule has 0 saturated heterocycles. The van der Waals surface area contributed by atoms with E-state index in [1.165, 1.54) is 0 Å². The molecule has 0 fully saturated rings. The average Bonchev–Trinajstić information content (AvgIpc) is 2.36. The fourth-order valence-corrected chi connectivity index (χ4v) is 1.38. The van der Waals surface area contributed by atoms with Crippen LogP contribution >= 0.6 is 0 Å². The zero-order chi connectivity index (χ0) is 12.5. The summed E-state index contributed by atoms with van der Waals surface area (Å²) in [6.07, 6.45) is 2.42. The van der Waals surface area contributed by atoms with Crippen molar-refractivity contribution < 1.29 is 14.3 Å². The van der Waals surface area contributed by atoms with Gasteiger partial charge in [-0.15, -0.1) is 0 Å². The van der Waals surface area contributed by atoms with Crippen LogP contribution in [0.2, 0.25) is 0 Å². The van der Waals surface area contributed by atoms with Crippen LogP contribution in [0.4, 0.5) is 0 Å². The highest BCUT2D eigenvalue weighted by Crippen LogP contribution is 2.06. The first kappa shape index (κ1) is 13.3. The van der Waals surface area contributed by atoms with Gasteiger partial charge in [0.25, 0.3) is 0 Å². The summed E-state index contributed by atoms with van der Waals surface area (Å²) in [5, 5.41) is 0. The Morgan fingerprint density at radius 1 is 1.12 bits per heavy atom. The number of rotatable bonds is 6. The minimum atomic E-state index is -0.398. The van der Waals surface area contributed by atoms with E-state index in [1.807, 2.05) is 37.3 Å². The van der Waals surface area contributed by atoms with Crippen LogP contribution in [0.3, 0.4) is 0 Å². The van der Waals surface area contributed by atoms with E-state index in [-0.39, 0.29) is 0 Å². The first-order valence-corrected chi connectivity index (χ1v) is 5.82. The Bertz CT molecular complexity index is 368. The van der Waals surface area contributed by atoms with Gasteiger partial charge in [-0.05, 0) is 31.9 Å². The molecular weight excluding hydrogens is 216 g/mol. The SMILES string of the molecule is CCOC(=O)/C(=C/Cc1ccccc1)OCC. The summed E-state index contributed by atoms with van der Waals surface area (Å²) >= 11 is 0. The molecule has 17 heavy (non-hydrogen) atoms. The lowest BCUT2D eigenvalue weighted by Crippen LogP contribution is -2.11. The smallest absolute Gasteiger partial charge is 0.373 e. The van der Waals surface area contributed by atoms with Gasteiger partial charge >= 0.3 is 5.97 Å². The van der Waals surface area contributed by atoms with Gasteiger partial charge in [0.1, 0.15) is 0 Å². The molecule has 0 aliphatic carbocycles. The summed E-state index contributed by atoms with van der Waals surface area (Å²) in [6.45, 7) is 4.43. The maximum absolute atomic E-state index is 11.5. The largest absolute Gasteiger partial charge is 0.487 e. The molecule has 3 heteroatoms. The van der Waals surface area contributed by atoms with Gasteiger partial charge in [-0.1, -0.05) is 30.3 Å². The monoisotopic (exact) mass is 234 g/mol.